The van der Waals surface area contributed by atoms with Crippen molar-refractivity contribution in [2.24, 2.45) is 5.73 Å². The van der Waals surface area contributed by atoms with Crippen LogP contribution < -0.4 is 11.1 Å². The van der Waals surface area contributed by atoms with Gasteiger partial charge in [0.2, 0.25) is 0 Å². The van der Waals surface area contributed by atoms with Crippen LogP contribution in [0, 0.1) is 0 Å². The van der Waals surface area contributed by atoms with Gasteiger partial charge in [-0.2, -0.15) is 4.90 Å². The maximum atomic E-state index is 11.8. The molecule has 0 aromatic rings. The summed E-state index contributed by atoms with van der Waals surface area (Å²) in [5, 5.41) is 5.62. The van der Waals surface area contributed by atoms with Crippen molar-refractivity contribution in [3.63, 3.8) is 0 Å². The summed E-state index contributed by atoms with van der Waals surface area (Å²) in [6.07, 6.45) is 0.710. The zero-order valence-electron chi connectivity index (χ0n) is 9.47. The molecule has 1 heterocycles. The molecule has 1 unspecified atom stereocenters. The lowest BCUT2D eigenvalue weighted by Crippen LogP contribution is -2.72. The van der Waals surface area contributed by atoms with Crippen LogP contribution in [0.3, 0.4) is 0 Å². The molecule has 1 aliphatic heterocycles. The minimum atomic E-state index is -0.894. The fourth-order valence-electron chi connectivity index (χ4n) is 1.56. The van der Waals surface area contributed by atoms with E-state index >= 15 is 0 Å². The van der Waals surface area contributed by atoms with E-state index in [1.165, 1.54) is 4.90 Å². The summed E-state index contributed by atoms with van der Waals surface area (Å²) in [6, 6.07) is -1.27. The van der Waals surface area contributed by atoms with Gasteiger partial charge in [0.05, 0.1) is 6.54 Å². The smallest absolute Gasteiger partial charge is 0.310 e. The van der Waals surface area contributed by atoms with Crippen LogP contribution in [0.25, 0.3) is 0 Å². The minimum Gasteiger partial charge on any atom is -0.310 e. The normalized spacial score (nSPS) is 21.2. The lowest BCUT2D eigenvalue weighted by Gasteiger charge is -2.31. The molecule has 0 bridgehead atoms. The van der Waals surface area contributed by atoms with E-state index in [2.05, 4.69) is 0 Å². The standard InChI is InChI=1S/C9H16N4O2.ClH/c1-3-5-13-8(14)6(10)7(11)12(4-2)9(13)15;/h6,11H,3-5,10H2,1-2H3;1H/p+1. The quantitative estimate of drug-likeness (QED) is 0.644. The van der Waals surface area contributed by atoms with Gasteiger partial charge in [0.25, 0.3) is 11.7 Å². The number of carbonyl (C=O) groups is 2. The number of carbonyl (C=O) groups excluding carboxylic acids is 2. The third-order valence-electron chi connectivity index (χ3n) is 2.39. The molecule has 0 spiro atoms. The number of urea groups is 1. The van der Waals surface area contributed by atoms with Crippen molar-refractivity contribution in [1.29, 1.82) is 0 Å². The summed E-state index contributed by atoms with van der Waals surface area (Å²) in [5.74, 6) is -0.274. The Morgan fingerprint density at radius 3 is 2.31 bits per heavy atom. The van der Waals surface area contributed by atoms with E-state index in [-0.39, 0.29) is 24.3 Å². The average molecular weight is 250 g/mol. The zero-order chi connectivity index (χ0) is 11.6. The molecule has 0 radical (unpaired) electrons. The number of nitrogens with two attached hydrogens (primary N) is 2. The maximum absolute atomic E-state index is 11.8. The van der Waals surface area contributed by atoms with E-state index in [9.17, 15) is 9.59 Å². The molecule has 1 fully saturated rings. The Balaban J connectivity index is 0.00000225. The molecule has 92 valence electrons. The summed E-state index contributed by atoms with van der Waals surface area (Å²) >= 11 is 0. The van der Waals surface area contributed by atoms with Crippen molar-refractivity contribution in [2.45, 2.75) is 26.3 Å². The molecule has 1 saturated heterocycles. The summed E-state index contributed by atoms with van der Waals surface area (Å²) < 4.78 is 0. The molecule has 1 aliphatic rings. The van der Waals surface area contributed by atoms with Gasteiger partial charge in [-0.1, -0.05) is 6.92 Å². The van der Waals surface area contributed by atoms with E-state index < -0.39 is 11.9 Å². The SMILES string of the molecule is CCCN1C(=O)C(N)C(=[NH2+])N(CC)C1=O.Cl. The highest BCUT2D eigenvalue weighted by Crippen LogP contribution is 2.10. The largest absolute Gasteiger partial charge is 0.417 e. The average Bonchev–Trinajstić information content (AvgIpc) is 2.22. The number of rotatable bonds is 3. The second-order valence-corrected chi connectivity index (χ2v) is 3.42. The van der Waals surface area contributed by atoms with Crippen LogP contribution in [-0.2, 0) is 4.79 Å². The first kappa shape index (κ1) is 14.9. The molecule has 6 nitrogen and oxygen atoms in total. The van der Waals surface area contributed by atoms with Gasteiger partial charge in [0.1, 0.15) is 0 Å². The fourth-order valence-corrected chi connectivity index (χ4v) is 1.56. The Kier molecular flexibility index (Phi) is 5.40. The van der Waals surface area contributed by atoms with Crippen molar-refractivity contribution in [3.05, 3.63) is 0 Å². The highest BCUT2D eigenvalue weighted by Gasteiger charge is 2.46. The lowest BCUT2D eigenvalue weighted by atomic mass is 10.1. The first-order valence-corrected chi connectivity index (χ1v) is 5.05. The van der Waals surface area contributed by atoms with Crippen molar-refractivity contribution in [3.8, 4) is 0 Å². The van der Waals surface area contributed by atoms with Crippen molar-refractivity contribution < 1.29 is 15.0 Å². The molecule has 1 atom stereocenters. The second kappa shape index (κ2) is 5.81. The van der Waals surface area contributed by atoms with Crippen molar-refractivity contribution in [2.75, 3.05) is 13.1 Å². The predicted octanol–water partition coefficient (Wildman–Crippen LogP) is -1.41. The topological polar surface area (TPSA) is 92.2 Å². The first-order valence-electron chi connectivity index (χ1n) is 5.05. The molecule has 0 aliphatic carbocycles. The summed E-state index contributed by atoms with van der Waals surface area (Å²) in [4.78, 5) is 25.9. The summed E-state index contributed by atoms with van der Waals surface area (Å²) in [5.41, 5.74) is 5.62. The lowest BCUT2D eigenvalue weighted by molar-refractivity contribution is -0.144. The van der Waals surface area contributed by atoms with E-state index in [0.717, 1.165) is 4.90 Å². The molecule has 4 N–H and O–H groups in total. The van der Waals surface area contributed by atoms with Crippen LogP contribution >= 0.6 is 12.4 Å². The van der Waals surface area contributed by atoms with Gasteiger partial charge in [-0.25, -0.2) is 9.69 Å². The van der Waals surface area contributed by atoms with Crippen molar-refractivity contribution >= 4 is 30.2 Å². The Bertz CT molecular complexity index is 308. The first-order chi connectivity index (χ1) is 7.04. The molecule has 0 aromatic heterocycles. The third kappa shape index (κ3) is 2.33. The number of hydrogen-bond donors (Lipinski definition) is 2. The van der Waals surface area contributed by atoms with Gasteiger partial charge in [0.15, 0.2) is 6.04 Å². The van der Waals surface area contributed by atoms with Crippen LogP contribution in [0.15, 0.2) is 0 Å². The molecule has 7 heteroatoms. The molecule has 0 aromatic carbocycles. The summed E-state index contributed by atoms with van der Waals surface area (Å²) in [6.45, 7) is 4.49. The number of halogens is 1. The number of amidine groups is 1. The minimum absolute atomic E-state index is 0. The van der Waals surface area contributed by atoms with E-state index in [4.69, 9.17) is 11.1 Å². The number of nitrogens with zero attached hydrogens (tertiary/aromatic N) is 2. The highest BCUT2D eigenvalue weighted by molar-refractivity contribution is 6.18. The van der Waals surface area contributed by atoms with Gasteiger partial charge in [-0.05, 0) is 13.3 Å². The molecular formula is C9H18ClN4O2+. The van der Waals surface area contributed by atoms with Crippen LogP contribution in [0.2, 0.25) is 0 Å². The highest BCUT2D eigenvalue weighted by atomic mass is 35.5. The van der Waals surface area contributed by atoms with Crippen LogP contribution in [0.4, 0.5) is 4.79 Å². The van der Waals surface area contributed by atoms with Crippen molar-refractivity contribution in [1.82, 2.24) is 9.80 Å². The van der Waals surface area contributed by atoms with E-state index in [0.29, 0.717) is 19.5 Å². The molecule has 16 heavy (non-hydrogen) atoms. The number of hydrogen-bond acceptors (Lipinski definition) is 3. The maximum Gasteiger partial charge on any atom is 0.417 e. The van der Waals surface area contributed by atoms with Crippen LogP contribution in [0.1, 0.15) is 20.3 Å². The second-order valence-electron chi connectivity index (χ2n) is 3.42. The number of amides is 3. The third-order valence-corrected chi connectivity index (χ3v) is 2.39. The van der Waals surface area contributed by atoms with E-state index in [1.54, 1.807) is 6.92 Å². The molecule has 1 rings (SSSR count). The molecular weight excluding hydrogens is 232 g/mol. The Hall–Kier alpha value is -1.14. The molecule has 3 amide bonds. The van der Waals surface area contributed by atoms with Gasteiger partial charge in [-0.3, -0.25) is 10.2 Å². The Morgan fingerprint density at radius 2 is 1.88 bits per heavy atom. The number of likely N-dealkylation sites (N-methyl/N-ethyl adjacent to an activating group) is 1. The zero-order valence-corrected chi connectivity index (χ0v) is 10.3. The van der Waals surface area contributed by atoms with Crippen LogP contribution in [0.5, 0.6) is 0 Å². The van der Waals surface area contributed by atoms with Crippen LogP contribution in [-0.4, -0.2) is 46.7 Å². The summed E-state index contributed by atoms with van der Waals surface area (Å²) in [7, 11) is 0. The van der Waals surface area contributed by atoms with Gasteiger partial charge in [0, 0.05) is 6.54 Å². The Labute approximate surface area is 101 Å². The predicted molar refractivity (Wildman–Crippen MR) is 61.9 cm³/mol. The fraction of sp³-hybridized carbons (Fsp3) is 0.667. The monoisotopic (exact) mass is 249 g/mol. The van der Waals surface area contributed by atoms with Gasteiger partial charge < -0.3 is 5.73 Å². The van der Waals surface area contributed by atoms with E-state index in [1.807, 2.05) is 6.92 Å². The van der Waals surface area contributed by atoms with Gasteiger partial charge >= 0.3 is 6.03 Å². The van der Waals surface area contributed by atoms with Gasteiger partial charge in [-0.15, -0.1) is 12.4 Å². The molecule has 0 saturated carbocycles. The Morgan fingerprint density at radius 1 is 1.31 bits per heavy atom. The number of imide groups is 1.